The first-order chi connectivity index (χ1) is 20.7. The fourth-order valence-electron chi connectivity index (χ4n) is 4.99. The lowest BCUT2D eigenvalue weighted by Crippen LogP contribution is -2.48. The minimum absolute atomic E-state index is 0.0865. The Balaban J connectivity index is 1.46. The van der Waals surface area contributed by atoms with Crippen LogP contribution in [0, 0.1) is 11.3 Å². The third-order valence-corrected chi connectivity index (χ3v) is 8.83. The second-order valence-electron chi connectivity index (χ2n) is 10.4. The van der Waals surface area contributed by atoms with E-state index in [4.69, 9.17) is 9.84 Å². The van der Waals surface area contributed by atoms with E-state index in [1.165, 1.54) is 10.4 Å². The van der Waals surface area contributed by atoms with Crippen LogP contribution in [0.25, 0.3) is 23.0 Å². The number of carbonyl (C=O) groups excluding carboxylic acids is 1. The van der Waals surface area contributed by atoms with E-state index in [-0.39, 0.29) is 35.8 Å². The Morgan fingerprint density at radius 1 is 1.14 bits per heavy atom. The largest absolute Gasteiger partial charge is 0.373 e. The maximum atomic E-state index is 13.6. The fraction of sp³-hybridized carbons (Fsp3) is 0.290. The molecule has 5 rings (SSSR count). The van der Waals surface area contributed by atoms with E-state index in [0.29, 0.717) is 36.3 Å². The molecule has 11 nitrogen and oxygen atoms in total. The zero-order valence-electron chi connectivity index (χ0n) is 24.0. The Labute approximate surface area is 251 Å². The molecule has 2 atom stereocenters. The molecule has 0 spiro atoms. The molecular weight excluding hydrogens is 566 g/mol. The summed E-state index contributed by atoms with van der Waals surface area (Å²) in [4.78, 5) is 17.1. The standard InChI is InChI=1S/C31H33N7O4S/c1-23-19-37(20-24(2)42-23)43(40,41)29-11-6-8-25(17-29)30-27(21-38(35-30)28-9-4-3-5-10-28)16-26(18-32)31(39)34-12-7-14-36-15-13-33-22-36/h3-6,8-11,13,15-17,21-24H,7,12,14,19-20H2,1-2H3,(H,34,39)/b26-16+. The van der Waals surface area contributed by atoms with Gasteiger partial charge in [0, 0.05) is 55.9 Å². The van der Waals surface area contributed by atoms with Crippen molar-refractivity contribution in [1.82, 2.24) is 29.0 Å². The first kappa shape index (κ1) is 29.9. The van der Waals surface area contributed by atoms with E-state index >= 15 is 0 Å². The lowest BCUT2D eigenvalue weighted by Gasteiger charge is -2.34. The molecule has 12 heteroatoms. The predicted molar refractivity (Wildman–Crippen MR) is 161 cm³/mol. The second-order valence-corrected chi connectivity index (χ2v) is 12.3. The molecule has 1 fully saturated rings. The van der Waals surface area contributed by atoms with Gasteiger partial charge in [0.25, 0.3) is 5.91 Å². The van der Waals surface area contributed by atoms with Crippen molar-refractivity contribution in [2.75, 3.05) is 19.6 Å². The number of aryl methyl sites for hydroxylation is 1. The highest BCUT2D eigenvalue weighted by Crippen LogP contribution is 2.29. The molecule has 1 saturated heterocycles. The maximum Gasteiger partial charge on any atom is 0.261 e. The minimum atomic E-state index is -3.81. The summed E-state index contributed by atoms with van der Waals surface area (Å²) in [5.41, 5.74) is 2.15. The highest BCUT2D eigenvalue weighted by atomic mass is 32.2. The molecule has 0 radical (unpaired) electrons. The quantitative estimate of drug-likeness (QED) is 0.167. The van der Waals surface area contributed by atoms with Gasteiger partial charge in [-0.3, -0.25) is 4.79 Å². The van der Waals surface area contributed by atoms with Crippen molar-refractivity contribution in [1.29, 1.82) is 5.26 Å². The number of sulfonamides is 1. The second kappa shape index (κ2) is 13.2. The molecule has 0 saturated carbocycles. The highest BCUT2D eigenvalue weighted by molar-refractivity contribution is 7.89. The van der Waals surface area contributed by atoms with Crippen LogP contribution < -0.4 is 5.32 Å². The van der Waals surface area contributed by atoms with Gasteiger partial charge in [-0.1, -0.05) is 30.3 Å². The monoisotopic (exact) mass is 599 g/mol. The third-order valence-electron chi connectivity index (χ3n) is 7.00. The van der Waals surface area contributed by atoms with E-state index in [1.54, 1.807) is 47.7 Å². The van der Waals surface area contributed by atoms with E-state index in [0.717, 1.165) is 5.69 Å². The van der Waals surface area contributed by atoms with Crippen molar-refractivity contribution in [2.24, 2.45) is 0 Å². The summed E-state index contributed by atoms with van der Waals surface area (Å²) in [6.45, 7) is 5.29. The predicted octanol–water partition coefficient (Wildman–Crippen LogP) is 3.65. The zero-order chi connectivity index (χ0) is 30.4. The molecule has 0 bridgehead atoms. The molecule has 1 aliphatic rings. The maximum absolute atomic E-state index is 13.6. The van der Waals surface area contributed by atoms with Crippen LogP contribution in [0.4, 0.5) is 0 Å². The average molecular weight is 600 g/mol. The molecule has 2 aromatic carbocycles. The van der Waals surface area contributed by atoms with Gasteiger partial charge < -0.3 is 14.6 Å². The van der Waals surface area contributed by atoms with Crippen molar-refractivity contribution in [3.8, 4) is 23.0 Å². The van der Waals surface area contributed by atoms with E-state index < -0.39 is 15.9 Å². The number of para-hydroxylation sites is 1. The topological polar surface area (TPSA) is 135 Å². The number of benzene rings is 2. The molecule has 43 heavy (non-hydrogen) atoms. The molecule has 1 amide bonds. The normalized spacial score (nSPS) is 17.8. The molecule has 222 valence electrons. The number of nitrogens with zero attached hydrogens (tertiary/aromatic N) is 6. The van der Waals surface area contributed by atoms with Crippen LogP contribution in [0.1, 0.15) is 25.8 Å². The Kier molecular flexibility index (Phi) is 9.16. The number of morpholine rings is 1. The van der Waals surface area contributed by atoms with Gasteiger partial charge in [0.05, 0.1) is 29.1 Å². The highest BCUT2D eigenvalue weighted by Gasteiger charge is 2.32. The van der Waals surface area contributed by atoms with Crippen molar-refractivity contribution < 1.29 is 17.9 Å². The van der Waals surface area contributed by atoms with E-state index in [2.05, 4.69) is 10.3 Å². The number of amides is 1. The number of aromatic nitrogens is 4. The van der Waals surface area contributed by atoms with Crippen LogP contribution in [-0.2, 0) is 26.1 Å². The van der Waals surface area contributed by atoms with Crippen molar-refractivity contribution >= 4 is 22.0 Å². The molecule has 2 aromatic heterocycles. The number of nitriles is 1. The minimum Gasteiger partial charge on any atom is -0.373 e. The van der Waals surface area contributed by atoms with Crippen LogP contribution in [0.15, 0.2) is 90.0 Å². The van der Waals surface area contributed by atoms with Crippen molar-refractivity contribution in [3.05, 3.63) is 90.7 Å². The van der Waals surface area contributed by atoms with Crippen molar-refractivity contribution in [2.45, 2.75) is 43.9 Å². The summed E-state index contributed by atoms with van der Waals surface area (Å²) >= 11 is 0. The summed E-state index contributed by atoms with van der Waals surface area (Å²) in [7, 11) is -3.81. The number of carbonyl (C=O) groups is 1. The number of imidazole rings is 1. The van der Waals surface area contributed by atoms with Gasteiger partial charge >= 0.3 is 0 Å². The molecule has 0 aliphatic carbocycles. The van der Waals surface area contributed by atoms with Crippen LogP contribution in [-0.4, -0.2) is 69.8 Å². The van der Waals surface area contributed by atoms with Gasteiger partial charge in [-0.05, 0) is 50.6 Å². The summed E-state index contributed by atoms with van der Waals surface area (Å²) < 4.78 is 38.0. The lowest BCUT2D eigenvalue weighted by molar-refractivity contribution is -0.117. The van der Waals surface area contributed by atoms with Crippen molar-refractivity contribution in [3.63, 3.8) is 0 Å². The molecule has 1 N–H and O–H groups in total. The SMILES string of the molecule is CC1CN(S(=O)(=O)c2cccc(-c3nn(-c4ccccc4)cc3/C=C(\C#N)C(=O)NCCCn3ccnc3)c2)CC(C)O1. The van der Waals surface area contributed by atoms with Crippen LogP contribution in [0.2, 0.25) is 0 Å². The van der Waals surface area contributed by atoms with E-state index in [1.807, 2.05) is 61.0 Å². The Morgan fingerprint density at radius 3 is 2.60 bits per heavy atom. The van der Waals surface area contributed by atoms with Crippen LogP contribution >= 0.6 is 0 Å². The number of ether oxygens (including phenoxy) is 1. The first-order valence-electron chi connectivity index (χ1n) is 14.0. The van der Waals surface area contributed by atoms with Gasteiger partial charge in [0.15, 0.2) is 0 Å². The lowest BCUT2D eigenvalue weighted by atomic mass is 10.1. The van der Waals surface area contributed by atoms with Gasteiger partial charge in [0.1, 0.15) is 17.3 Å². The first-order valence-corrected chi connectivity index (χ1v) is 15.5. The molecular formula is C31H33N7O4S. The number of hydrogen-bond acceptors (Lipinski definition) is 7. The Hall–Kier alpha value is -4.57. The molecule has 3 heterocycles. The fourth-order valence-corrected chi connectivity index (χ4v) is 6.63. The summed E-state index contributed by atoms with van der Waals surface area (Å²) in [5, 5.41) is 17.4. The smallest absolute Gasteiger partial charge is 0.261 e. The van der Waals surface area contributed by atoms with Crippen LogP contribution in [0.5, 0.6) is 0 Å². The summed E-state index contributed by atoms with van der Waals surface area (Å²) in [5.74, 6) is -0.501. The van der Waals surface area contributed by atoms with E-state index in [9.17, 15) is 18.5 Å². The van der Waals surface area contributed by atoms with Crippen LogP contribution in [0.3, 0.4) is 0 Å². The average Bonchev–Trinajstić information content (AvgIpc) is 3.68. The number of hydrogen-bond donors (Lipinski definition) is 1. The molecule has 2 unspecified atom stereocenters. The third kappa shape index (κ3) is 7.09. The Bertz CT molecular complexity index is 1730. The van der Waals surface area contributed by atoms with Gasteiger partial charge in [-0.15, -0.1) is 0 Å². The molecule has 4 aromatic rings. The number of rotatable bonds is 10. The zero-order valence-corrected chi connectivity index (χ0v) is 24.8. The van der Waals surface area contributed by atoms with Gasteiger partial charge in [-0.25, -0.2) is 18.1 Å². The summed E-state index contributed by atoms with van der Waals surface area (Å²) in [6, 6.07) is 18.0. The number of nitrogens with one attached hydrogen (secondary N) is 1. The summed E-state index contributed by atoms with van der Waals surface area (Å²) in [6.07, 6.45) is 8.67. The molecule has 1 aliphatic heterocycles. The Morgan fingerprint density at radius 2 is 1.91 bits per heavy atom. The van der Waals surface area contributed by atoms with Gasteiger partial charge in [0.2, 0.25) is 10.0 Å². The van der Waals surface area contributed by atoms with Gasteiger partial charge in [-0.2, -0.15) is 14.7 Å².